The second-order valence-corrected chi connectivity index (χ2v) is 11.6. The second-order valence-electron chi connectivity index (χ2n) is 11.6. The van der Waals surface area contributed by atoms with Crippen LogP contribution in [0.1, 0.15) is 79.7 Å². The molecule has 1 radical (unpaired) electrons. The van der Waals surface area contributed by atoms with E-state index < -0.39 is 20.6 Å². The van der Waals surface area contributed by atoms with E-state index in [1.807, 2.05) is 18.2 Å². The van der Waals surface area contributed by atoms with Gasteiger partial charge in [0.2, 0.25) is 0 Å². The molecular weight excluding hydrogens is 743 g/mol. The van der Waals surface area contributed by atoms with Crippen LogP contribution in [0.25, 0.3) is 50.3 Å². The first-order chi connectivity index (χ1) is 25.3. The number of furan rings is 1. The minimum absolute atomic E-state index is 0. The van der Waals surface area contributed by atoms with Gasteiger partial charge in [-0.3, -0.25) is 4.98 Å². The molecule has 0 spiro atoms. The fraction of sp³-hybridized carbons (Fsp3) is 0.220. The van der Waals surface area contributed by atoms with Gasteiger partial charge in [-0.2, -0.15) is 0 Å². The van der Waals surface area contributed by atoms with E-state index in [0.29, 0.717) is 45.5 Å². The number of nitrogens with zero attached hydrogens (tertiary/aromatic N) is 3. The average molecular weight is 791 g/mol. The van der Waals surface area contributed by atoms with Gasteiger partial charge >= 0.3 is 0 Å². The van der Waals surface area contributed by atoms with Crippen molar-refractivity contribution in [1.82, 2.24) is 14.5 Å². The summed E-state index contributed by atoms with van der Waals surface area (Å²) in [5.41, 5.74) is 8.48. The molecule has 3 heterocycles. The number of rotatable bonds is 5. The van der Waals surface area contributed by atoms with Gasteiger partial charge in [-0.1, -0.05) is 112 Å². The number of benzene rings is 4. The SMILES string of the molecule is [2H]C([2H])([2H])c1c[c-]c(-c2ccc(C([2H])([2H])[2H])cn2)cc1.[2H]C([2H])([2H])c1ccc2o[c-]c(-c3nc4ccccc4n3-c3c(C(C)C)cccc3C(C)C)c2c1.[Ir]. The molecule has 0 atom stereocenters. The largest absolute Gasteiger partial charge is 0.557 e. The number of hydrogen-bond donors (Lipinski definition) is 0. The summed E-state index contributed by atoms with van der Waals surface area (Å²) in [6.07, 6.45) is 4.33. The van der Waals surface area contributed by atoms with E-state index in [4.69, 9.17) is 21.7 Å². The molecule has 46 heavy (non-hydrogen) atoms. The van der Waals surface area contributed by atoms with Crippen LogP contribution in [0.5, 0.6) is 0 Å². The van der Waals surface area contributed by atoms with Crippen molar-refractivity contribution >= 4 is 22.0 Å². The van der Waals surface area contributed by atoms with E-state index in [-0.39, 0.29) is 36.8 Å². The van der Waals surface area contributed by atoms with E-state index in [2.05, 4.69) is 73.8 Å². The molecule has 4 aromatic carbocycles. The van der Waals surface area contributed by atoms with Crippen molar-refractivity contribution in [2.24, 2.45) is 0 Å². The zero-order valence-electron chi connectivity index (χ0n) is 35.0. The maximum absolute atomic E-state index is 7.86. The molecule has 0 fully saturated rings. The summed E-state index contributed by atoms with van der Waals surface area (Å²) in [6, 6.07) is 29.9. The van der Waals surface area contributed by atoms with Crippen LogP contribution in [0.4, 0.5) is 0 Å². The van der Waals surface area contributed by atoms with Crippen molar-refractivity contribution in [2.75, 3.05) is 0 Å². The molecule has 0 aliphatic heterocycles. The van der Waals surface area contributed by atoms with E-state index >= 15 is 0 Å². The predicted octanol–water partition coefficient (Wildman–Crippen LogP) is 11.0. The van der Waals surface area contributed by atoms with Crippen LogP contribution < -0.4 is 0 Å². The van der Waals surface area contributed by atoms with Crippen molar-refractivity contribution in [2.45, 2.75) is 60.1 Å². The zero-order valence-corrected chi connectivity index (χ0v) is 28.4. The monoisotopic (exact) mass is 791 g/mol. The number of fused-ring (bicyclic) bond motifs is 2. The quantitative estimate of drug-likeness (QED) is 0.163. The van der Waals surface area contributed by atoms with Crippen LogP contribution in [0.2, 0.25) is 0 Å². The summed E-state index contributed by atoms with van der Waals surface area (Å²) in [7, 11) is 0. The first-order valence-electron chi connectivity index (χ1n) is 19.4. The summed E-state index contributed by atoms with van der Waals surface area (Å²) in [5.74, 6) is 1.29. The fourth-order valence-electron chi connectivity index (χ4n) is 5.47. The van der Waals surface area contributed by atoms with Gasteiger partial charge in [0, 0.05) is 56.2 Å². The van der Waals surface area contributed by atoms with Crippen LogP contribution in [-0.4, -0.2) is 14.5 Å². The summed E-state index contributed by atoms with van der Waals surface area (Å²) in [4.78, 5) is 9.08. The molecule has 235 valence electrons. The first kappa shape index (κ1) is 23.1. The maximum Gasteiger partial charge on any atom is 0.0774 e. The second kappa shape index (κ2) is 14.0. The molecule has 0 aliphatic rings. The van der Waals surface area contributed by atoms with Crippen LogP contribution in [0.15, 0.2) is 102 Å². The maximum atomic E-state index is 7.86. The molecule has 0 saturated carbocycles. The Morgan fingerprint density at radius 1 is 0.783 bits per heavy atom. The van der Waals surface area contributed by atoms with Gasteiger partial charge in [-0.05, 0) is 60.1 Å². The van der Waals surface area contributed by atoms with Crippen molar-refractivity contribution in [1.29, 1.82) is 0 Å². The molecular formula is C41H39IrN3O-2. The molecule has 0 bridgehead atoms. The molecule has 0 aliphatic carbocycles. The van der Waals surface area contributed by atoms with Crippen LogP contribution >= 0.6 is 0 Å². The Hall–Kier alpha value is -4.31. The topological polar surface area (TPSA) is 43.9 Å². The Morgan fingerprint density at radius 3 is 2.15 bits per heavy atom. The minimum atomic E-state index is -2.21. The molecule has 3 aromatic heterocycles. The zero-order chi connectivity index (χ0) is 39.2. The first-order valence-corrected chi connectivity index (χ1v) is 14.9. The Morgan fingerprint density at radius 2 is 1.50 bits per heavy atom. The van der Waals surface area contributed by atoms with E-state index in [1.54, 1.807) is 30.3 Å². The van der Waals surface area contributed by atoms with E-state index in [9.17, 15) is 0 Å². The van der Waals surface area contributed by atoms with Crippen LogP contribution in [0.3, 0.4) is 0 Å². The molecule has 0 saturated heterocycles. The third-order valence-corrected chi connectivity index (χ3v) is 7.71. The molecule has 7 aromatic rings. The summed E-state index contributed by atoms with van der Waals surface area (Å²) >= 11 is 0. The fourth-order valence-corrected chi connectivity index (χ4v) is 5.47. The van der Waals surface area contributed by atoms with Crippen molar-refractivity contribution in [3.05, 3.63) is 137 Å². The number of aromatic nitrogens is 3. The molecule has 0 N–H and O–H groups in total. The molecule has 0 amide bonds. The van der Waals surface area contributed by atoms with Gasteiger partial charge in [0.05, 0.1) is 16.9 Å². The molecule has 0 unspecified atom stereocenters. The molecule has 5 heteroatoms. The van der Waals surface area contributed by atoms with E-state index in [1.165, 1.54) is 35.5 Å². The number of para-hydroxylation sites is 3. The average Bonchev–Trinajstić information content (AvgIpc) is 3.71. The standard InChI is InChI=1S/C28H27N2O.C13H12N.Ir/c1-17(2)20-9-8-10-21(18(3)4)27(20)30-25-12-7-6-11-24(25)29-28(30)23-16-31-26-14-13-19(5)15-22(23)26;1-10-3-6-12(7-4-10)13-8-5-11(2)9-14-13;/h6-15,17-18H,1-5H3;3-6,8-9H,1-2H3;/q2*-1;/i5D3;1D3,2D3;. The summed E-state index contributed by atoms with van der Waals surface area (Å²) < 4.78 is 75.2. The van der Waals surface area contributed by atoms with Gasteiger partial charge < -0.3 is 14.0 Å². The Kier molecular flexibility index (Phi) is 7.02. The van der Waals surface area contributed by atoms with Crippen molar-refractivity contribution in [3.8, 4) is 28.3 Å². The molecule has 4 nitrogen and oxygen atoms in total. The number of pyridine rings is 1. The van der Waals surface area contributed by atoms with Gasteiger partial charge in [0.1, 0.15) is 0 Å². The summed E-state index contributed by atoms with van der Waals surface area (Å²) in [6.45, 7) is 2.24. The summed E-state index contributed by atoms with van der Waals surface area (Å²) in [5, 5.41) is 0.693. The number of imidazole rings is 1. The van der Waals surface area contributed by atoms with E-state index in [0.717, 1.165) is 16.7 Å². The smallest absolute Gasteiger partial charge is 0.0774 e. The van der Waals surface area contributed by atoms with Gasteiger partial charge in [-0.25, -0.2) is 0 Å². The predicted molar refractivity (Wildman–Crippen MR) is 186 cm³/mol. The van der Waals surface area contributed by atoms with Crippen LogP contribution in [-0.2, 0) is 20.1 Å². The van der Waals surface area contributed by atoms with Crippen molar-refractivity contribution in [3.63, 3.8) is 0 Å². The number of aryl methyl sites for hydroxylation is 3. The third kappa shape index (κ3) is 6.63. The van der Waals surface area contributed by atoms with Gasteiger partial charge in [0.15, 0.2) is 0 Å². The van der Waals surface area contributed by atoms with Crippen LogP contribution in [0, 0.1) is 32.9 Å². The Balaban J connectivity index is 0.000000237. The normalized spacial score (nSPS) is 14.9. The van der Waals surface area contributed by atoms with Gasteiger partial charge in [0.25, 0.3) is 0 Å². The Bertz CT molecular complexity index is 2320. The number of hydrogen-bond acceptors (Lipinski definition) is 3. The molecule has 7 rings (SSSR count). The van der Waals surface area contributed by atoms with Crippen molar-refractivity contribution < 1.29 is 36.9 Å². The third-order valence-electron chi connectivity index (χ3n) is 7.71. The Labute approximate surface area is 298 Å². The minimum Gasteiger partial charge on any atom is -0.557 e. The van der Waals surface area contributed by atoms with Gasteiger partial charge in [-0.15, -0.1) is 35.4 Å².